The summed E-state index contributed by atoms with van der Waals surface area (Å²) in [6, 6.07) is 26.6. The van der Waals surface area contributed by atoms with Crippen LogP contribution in [-0.2, 0) is 10.3 Å². The Kier molecular flexibility index (Phi) is 3.91. The number of hydrogen-bond acceptors (Lipinski definition) is 2. The number of fused-ring (bicyclic) bond motifs is 1. The van der Waals surface area contributed by atoms with Gasteiger partial charge in [-0.25, -0.2) is 0 Å². The highest BCUT2D eigenvalue weighted by Gasteiger charge is 2.51. The first kappa shape index (κ1) is 15.4. The molecule has 2 atom stereocenters. The lowest BCUT2D eigenvalue weighted by atomic mass is 9.80. The highest BCUT2D eigenvalue weighted by Crippen LogP contribution is 2.54. The lowest BCUT2D eigenvalue weighted by Gasteiger charge is -2.34. The quantitative estimate of drug-likeness (QED) is 0.599. The van der Waals surface area contributed by atoms with Gasteiger partial charge in [-0.15, -0.1) is 0 Å². The first-order chi connectivity index (χ1) is 11.8. The van der Waals surface area contributed by atoms with E-state index in [-0.39, 0.29) is 6.10 Å². The van der Waals surface area contributed by atoms with Gasteiger partial charge in [-0.05, 0) is 29.3 Å². The Hall–Kier alpha value is -2.10. The molecule has 0 N–H and O–H groups in total. The summed E-state index contributed by atoms with van der Waals surface area (Å²) in [7, 11) is 1.75. The molecule has 4 rings (SSSR count). The maximum absolute atomic E-state index is 6.35. The minimum Gasteiger partial charge on any atom is -0.482 e. The van der Waals surface area contributed by atoms with E-state index in [9.17, 15) is 0 Å². The summed E-state index contributed by atoms with van der Waals surface area (Å²) in [6.07, 6.45) is -0.234. The van der Waals surface area contributed by atoms with Gasteiger partial charge in [0.1, 0.15) is 5.75 Å². The van der Waals surface area contributed by atoms with E-state index < -0.39 is 5.60 Å². The summed E-state index contributed by atoms with van der Waals surface area (Å²) < 4.78 is 13.6. The van der Waals surface area contributed by atoms with Gasteiger partial charge in [0.15, 0.2) is 11.7 Å². The smallest absolute Gasteiger partial charge is 0.162 e. The molecule has 0 radical (unpaired) electrons. The Bertz CT molecular complexity index is 845. The first-order valence-corrected chi connectivity index (χ1v) is 8.67. The summed E-state index contributed by atoms with van der Waals surface area (Å²) in [6.45, 7) is 0. The Morgan fingerprint density at radius 2 is 1.54 bits per heavy atom. The fraction of sp³-hybridized carbons (Fsp3) is 0.143. The lowest BCUT2D eigenvalue weighted by Crippen LogP contribution is -2.35. The molecule has 3 heteroatoms. The van der Waals surface area contributed by atoms with Crippen molar-refractivity contribution in [2.75, 3.05) is 7.11 Å². The van der Waals surface area contributed by atoms with Gasteiger partial charge in [-0.2, -0.15) is 0 Å². The van der Waals surface area contributed by atoms with Crippen molar-refractivity contribution in [1.29, 1.82) is 0 Å². The number of rotatable bonds is 3. The van der Waals surface area contributed by atoms with Crippen molar-refractivity contribution >= 4 is 15.9 Å². The molecule has 0 amide bonds. The first-order valence-electron chi connectivity index (χ1n) is 7.88. The molecular formula is C21H17BrO2. The van der Waals surface area contributed by atoms with Crippen LogP contribution in [0.25, 0.3) is 0 Å². The van der Waals surface area contributed by atoms with Crippen LogP contribution in [-0.4, -0.2) is 7.11 Å². The Morgan fingerprint density at radius 3 is 2.25 bits per heavy atom. The van der Waals surface area contributed by atoms with Crippen molar-refractivity contribution in [2.24, 2.45) is 0 Å². The molecule has 0 spiro atoms. The van der Waals surface area contributed by atoms with E-state index in [2.05, 4.69) is 46.3 Å². The number of ether oxygens (including phenoxy) is 2. The lowest BCUT2D eigenvalue weighted by molar-refractivity contribution is -0.0445. The molecule has 1 aliphatic rings. The Labute approximate surface area is 150 Å². The van der Waals surface area contributed by atoms with E-state index in [0.717, 1.165) is 26.9 Å². The van der Waals surface area contributed by atoms with Gasteiger partial charge in [-0.3, -0.25) is 0 Å². The molecule has 3 aromatic carbocycles. The maximum Gasteiger partial charge on any atom is 0.162 e. The van der Waals surface area contributed by atoms with E-state index >= 15 is 0 Å². The molecule has 120 valence electrons. The zero-order valence-corrected chi connectivity index (χ0v) is 14.9. The highest BCUT2D eigenvalue weighted by atomic mass is 79.9. The van der Waals surface area contributed by atoms with Crippen molar-refractivity contribution in [1.82, 2.24) is 0 Å². The predicted molar refractivity (Wildman–Crippen MR) is 98.2 cm³/mol. The van der Waals surface area contributed by atoms with E-state index in [0.29, 0.717) is 0 Å². The average molecular weight is 381 g/mol. The van der Waals surface area contributed by atoms with Crippen molar-refractivity contribution in [3.05, 3.63) is 100 Å². The molecule has 0 aliphatic carbocycles. The van der Waals surface area contributed by atoms with Crippen molar-refractivity contribution in [3.8, 4) is 5.75 Å². The van der Waals surface area contributed by atoms with Gasteiger partial charge in [0.05, 0.1) is 0 Å². The summed E-state index contributed by atoms with van der Waals surface area (Å²) in [5, 5.41) is 0. The van der Waals surface area contributed by atoms with Crippen molar-refractivity contribution in [2.45, 2.75) is 11.7 Å². The predicted octanol–water partition coefficient (Wildman–Crippen LogP) is 5.47. The fourth-order valence-corrected chi connectivity index (χ4v) is 3.76. The molecule has 0 bridgehead atoms. The monoisotopic (exact) mass is 380 g/mol. The van der Waals surface area contributed by atoms with Gasteiger partial charge in [0, 0.05) is 17.1 Å². The van der Waals surface area contributed by atoms with Crippen LogP contribution in [0.4, 0.5) is 0 Å². The molecule has 24 heavy (non-hydrogen) atoms. The largest absolute Gasteiger partial charge is 0.482 e. The van der Waals surface area contributed by atoms with Crippen LogP contribution >= 0.6 is 15.9 Å². The number of hydrogen-bond donors (Lipinski definition) is 0. The van der Waals surface area contributed by atoms with E-state index in [1.165, 1.54) is 0 Å². The number of para-hydroxylation sites is 1. The zero-order valence-electron chi connectivity index (χ0n) is 13.3. The minimum atomic E-state index is -0.668. The van der Waals surface area contributed by atoms with Crippen LogP contribution in [0.1, 0.15) is 22.8 Å². The normalized spacial score (nSPS) is 22.0. The fourth-order valence-electron chi connectivity index (χ4n) is 3.50. The number of methoxy groups -OCH3 is 1. The van der Waals surface area contributed by atoms with Crippen LogP contribution in [0.3, 0.4) is 0 Å². The summed E-state index contributed by atoms with van der Waals surface area (Å²) in [5.74, 6) is 0.871. The zero-order chi connectivity index (χ0) is 16.6. The average Bonchev–Trinajstić information content (AvgIpc) is 2.98. The molecule has 2 nitrogen and oxygen atoms in total. The molecule has 3 aromatic rings. The van der Waals surface area contributed by atoms with Crippen LogP contribution < -0.4 is 4.74 Å². The maximum atomic E-state index is 6.35. The SMILES string of the molecule is COC1(c2ccc(Br)cc2)c2ccccc2OC1c1ccccc1. The van der Waals surface area contributed by atoms with E-state index in [1.54, 1.807) is 7.11 Å². The van der Waals surface area contributed by atoms with Gasteiger partial charge in [0.25, 0.3) is 0 Å². The molecule has 2 unspecified atom stereocenters. The second-order valence-electron chi connectivity index (χ2n) is 5.85. The molecule has 1 aliphatic heterocycles. The van der Waals surface area contributed by atoms with Gasteiger partial charge < -0.3 is 9.47 Å². The summed E-state index contributed by atoms with van der Waals surface area (Å²) >= 11 is 3.51. The molecular weight excluding hydrogens is 364 g/mol. The van der Waals surface area contributed by atoms with Crippen LogP contribution in [0.15, 0.2) is 83.3 Å². The highest BCUT2D eigenvalue weighted by molar-refractivity contribution is 9.10. The third-order valence-corrected chi connectivity index (χ3v) is 5.13. The second kappa shape index (κ2) is 6.08. The summed E-state index contributed by atoms with van der Waals surface area (Å²) in [4.78, 5) is 0. The molecule has 0 saturated carbocycles. The molecule has 1 heterocycles. The molecule has 0 fully saturated rings. The van der Waals surface area contributed by atoms with Gasteiger partial charge in [0.2, 0.25) is 0 Å². The minimum absolute atomic E-state index is 0.234. The number of halogens is 1. The third-order valence-electron chi connectivity index (χ3n) is 4.60. The van der Waals surface area contributed by atoms with Crippen LogP contribution in [0.2, 0.25) is 0 Å². The van der Waals surface area contributed by atoms with Crippen molar-refractivity contribution < 1.29 is 9.47 Å². The van der Waals surface area contributed by atoms with Crippen molar-refractivity contribution in [3.63, 3.8) is 0 Å². The topological polar surface area (TPSA) is 18.5 Å². The Morgan fingerprint density at radius 1 is 0.875 bits per heavy atom. The third kappa shape index (κ3) is 2.27. The van der Waals surface area contributed by atoms with Crippen LogP contribution in [0.5, 0.6) is 5.75 Å². The number of benzene rings is 3. The van der Waals surface area contributed by atoms with Gasteiger partial charge >= 0.3 is 0 Å². The molecule has 0 saturated heterocycles. The Balaban J connectivity index is 1.96. The summed E-state index contributed by atoms with van der Waals surface area (Å²) in [5.41, 5.74) is 2.56. The standard InChI is InChI=1S/C21H17BrO2/c1-23-21(16-11-13-17(22)14-12-16)18-9-5-6-10-19(18)24-20(21)15-7-3-2-4-8-15/h2-14,20H,1H3. The van der Waals surface area contributed by atoms with E-state index in [4.69, 9.17) is 9.47 Å². The van der Waals surface area contributed by atoms with Crippen LogP contribution in [0, 0.1) is 0 Å². The van der Waals surface area contributed by atoms with E-state index in [1.807, 2.05) is 48.5 Å². The molecule has 0 aromatic heterocycles. The van der Waals surface area contributed by atoms with Gasteiger partial charge in [-0.1, -0.05) is 76.6 Å². The second-order valence-corrected chi connectivity index (χ2v) is 6.77.